The Morgan fingerprint density at radius 2 is 1.83 bits per heavy atom. The Balaban J connectivity index is 1.35. The van der Waals surface area contributed by atoms with E-state index in [1.807, 2.05) is 4.90 Å². The Labute approximate surface area is 175 Å². The van der Waals surface area contributed by atoms with Crippen LogP contribution in [0.3, 0.4) is 0 Å². The zero-order valence-electron chi connectivity index (χ0n) is 17.2. The Bertz CT molecular complexity index is 898. The van der Waals surface area contributed by atoms with Crippen molar-refractivity contribution in [1.82, 2.24) is 19.9 Å². The van der Waals surface area contributed by atoms with Crippen molar-refractivity contribution in [2.24, 2.45) is 5.92 Å². The fraction of sp³-hybridized carbons (Fsp3) is 0.545. The predicted octanol–water partition coefficient (Wildman–Crippen LogP) is 2.70. The summed E-state index contributed by atoms with van der Waals surface area (Å²) in [5.74, 6) is 0.876. The van der Waals surface area contributed by atoms with Gasteiger partial charge in [0.15, 0.2) is 5.82 Å². The van der Waals surface area contributed by atoms with Crippen LogP contribution in [0.5, 0.6) is 0 Å². The molecule has 0 aliphatic carbocycles. The van der Waals surface area contributed by atoms with E-state index in [0.717, 1.165) is 37.8 Å². The number of piperidine rings is 2. The van der Waals surface area contributed by atoms with Gasteiger partial charge < -0.3 is 14.3 Å². The lowest BCUT2D eigenvalue weighted by atomic mass is 9.92. The van der Waals surface area contributed by atoms with Crippen LogP contribution in [0.25, 0.3) is 0 Å². The molecule has 2 aromatic rings. The third kappa shape index (κ3) is 4.68. The maximum Gasteiger partial charge on any atom is 0.231 e. The molecular weight excluding hydrogens is 387 g/mol. The van der Waals surface area contributed by atoms with Gasteiger partial charge in [-0.1, -0.05) is 17.3 Å². The monoisotopic (exact) mass is 414 g/mol. The summed E-state index contributed by atoms with van der Waals surface area (Å²) < 4.78 is 18.4. The maximum absolute atomic E-state index is 13.2. The molecule has 2 fully saturated rings. The number of carbonyl (C=O) groups excluding carboxylic acids is 2. The molecule has 2 aliphatic heterocycles. The highest BCUT2D eigenvalue weighted by Gasteiger charge is 2.34. The summed E-state index contributed by atoms with van der Waals surface area (Å²) in [6.45, 7) is 4.20. The average molecular weight is 414 g/mol. The van der Waals surface area contributed by atoms with Gasteiger partial charge in [-0.2, -0.15) is 4.98 Å². The number of likely N-dealkylation sites (tertiary alicyclic amines) is 2. The lowest BCUT2D eigenvalue weighted by molar-refractivity contribution is -0.141. The average Bonchev–Trinajstić information content (AvgIpc) is 3.21. The van der Waals surface area contributed by atoms with Crippen molar-refractivity contribution in [3.8, 4) is 0 Å². The first-order valence-electron chi connectivity index (χ1n) is 10.6. The van der Waals surface area contributed by atoms with Crippen molar-refractivity contribution in [2.75, 3.05) is 26.2 Å². The molecule has 0 spiro atoms. The van der Waals surface area contributed by atoms with Crippen LogP contribution < -0.4 is 0 Å². The highest BCUT2D eigenvalue weighted by atomic mass is 19.1. The van der Waals surface area contributed by atoms with E-state index in [-0.39, 0.29) is 35.9 Å². The first-order valence-corrected chi connectivity index (χ1v) is 10.6. The SMILES string of the molecule is Cc1noc([C@@H]2CCCN(C(=O)[C@@H]3CCCN(C(=O)Cc4ccc(F)cc4)C3)C2)n1. The van der Waals surface area contributed by atoms with Gasteiger partial charge in [0.1, 0.15) is 5.82 Å². The number of halogens is 1. The maximum atomic E-state index is 13.2. The van der Waals surface area contributed by atoms with Crippen molar-refractivity contribution in [1.29, 1.82) is 0 Å². The number of hydrogen-bond donors (Lipinski definition) is 0. The second-order valence-electron chi connectivity index (χ2n) is 8.29. The topological polar surface area (TPSA) is 79.5 Å². The zero-order chi connectivity index (χ0) is 21.1. The van der Waals surface area contributed by atoms with Crippen LogP contribution in [0.4, 0.5) is 4.39 Å². The van der Waals surface area contributed by atoms with Gasteiger partial charge >= 0.3 is 0 Å². The fourth-order valence-electron chi connectivity index (χ4n) is 4.41. The number of aryl methyl sites for hydroxylation is 1. The van der Waals surface area contributed by atoms with Gasteiger partial charge in [0.05, 0.1) is 18.3 Å². The molecule has 3 heterocycles. The van der Waals surface area contributed by atoms with Crippen LogP contribution >= 0.6 is 0 Å². The van der Waals surface area contributed by atoms with E-state index in [2.05, 4.69) is 10.1 Å². The molecule has 0 N–H and O–H groups in total. The van der Waals surface area contributed by atoms with Crippen molar-refractivity contribution in [2.45, 2.75) is 44.9 Å². The highest BCUT2D eigenvalue weighted by molar-refractivity contribution is 5.82. The standard InChI is InChI=1S/C22H27FN4O3/c1-15-24-21(30-25-15)17-4-2-11-27(13-17)22(29)18-5-3-10-26(14-18)20(28)12-16-6-8-19(23)9-7-16/h6-9,17-18H,2-5,10-14H2,1H3/t17-,18-/m1/s1. The smallest absolute Gasteiger partial charge is 0.231 e. The minimum Gasteiger partial charge on any atom is -0.342 e. The molecule has 1 aromatic carbocycles. The minimum atomic E-state index is -0.314. The van der Waals surface area contributed by atoms with E-state index in [9.17, 15) is 14.0 Å². The Hall–Kier alpha value is -2.77. The first kappa shape index (κ1) is 20.5. The van der Waals surface area contributed by atoms with Crippen molar-refractivity contribution in [3.05, 3.63) is 47.4 Å². The van der Waals surface area contributed by atoms with Crippen molar-refractivity contribution in [3.63, 3.8) is 0 Å². The predicted molar refractivity (Wildman–Crippen MR) is 107 cm³/mol. The van der Waals surface area contributed by atoms with Crippen LogP contribution in [0.1, 0.15) is 48.9 Å². The van der Waals surface area contributed by atoms with Crippen LogP contribution in [0, 0.1) is 18.7 Å². The third-order valence-corrected chi connectivity index (χ3v) is 6.02. The summed E-state index contributed by atoms with van der Waals surface area (Å²) in [5.41, 5.74) is 0.781. The second kappa shape index (κ2) is 8.93. The molecule has 0 unspecified atom stereocenters. The Kier molecular flexibility index (Phi) is 6.11. The van der Waals surface area contributed by atoms with Gasteiger partial charge in [0.2, 0.25) is 17.7 Å². The number of aromatic nitrogens is 2. The van der Waals surface area contributed by atoms with E-state index in [1.54, 1.807) is 24.0 Å². The summed E-state index contributed by atoms with van der Waals surface area (Å²) in [6.07, 6.45) is 3.66. The lowest BCUT2D eigenvalue weighted by Crippen LogP contribution is -2.49. The van der Waals surface area contributed by atoms with Gasteiger partial charge in [-0.15, -0.1) is 0 Å². The molecule has 8 heteroatoms. The molecule has 0 radical (unpaired) electrons. The quantitative estimate of drug-likeness (QED) is 0.769. The van der Waals surface area contributed by atoms with Crippen LogP contribution in [-0.2, 0) is 16.0 Å². The molecule has 0 saturated carbocycles. The molecule has 0 bridgehead atoms. The van der Waals surface area contributed by atoms with Crippen LogP contribution in [0.15, 0.2) is 28.8 Å². The zero-order valence-corrected chi connectivity index (χ0v) is 17.2. The summed E-state index contributed by atoms with van der Waals surface area (Å²) in [7, 11) is 0. The molecule has 4 rings (SSSR count). The third-order valence-electron chi connectivity index (χ3n) is 6.02. The number of rotatable bonds is 4. The summed E-state index contributed by atoms with van der Waals surface area (Å²) in [4.78, 5) is 33.9. The Morgan fingerprint density at radius 1 is 1.10 bits per heavy atom. The first-order chi connectivity index (χ1) is 14.5. The number of benzene rings is 1. The number of carbonyl (C=O) groups is 2. The van der Waals surface area contributed by atoms with Gasteiger partial charge in [-0.3, -0.25) is 9.59 Å². The number of amides is 2. The highest BCUT2D eigenvalue weighted by Crippen LogP contribution is 2.28. The normalized spacial score (nSPS) is 22.2. The molecule has 1 aromatic heterocycles. The van der Waals surface area contributed by atoms with Gasteiger partial charge in [-0.05, 0) is 50.3 Å². The van der Waals surface area contributed by atoms with Gasteiger partial charge in [-0.25, -0.2) is 4.39 Å². The fourth-order valence-corrected chi connectivity index (χ4v) is 4.41. The van der Waals surface area contributed by atoms with E-state index in [0.29, 0.717) is 31.3 Å². The van der Waals surface area contributed by atoms with Crippen LogP contribution in [-0.4, -0.2) is 57.9 Å². The van der Waals surface area contributed by atoms with E-state index in [4.69, 9.17) is 4.52 Å². The largest absolute Gasteiger partial charge is 0.342 e. The van der Waals surface area contributed by atoms with Crippen molar-refractivity contribution >= 4 is 11.8 Å². The van der Waals surface area contributed by atoms with Crippen LogP contribution in [0.2, 0.25) is 0 Å². The summed E-state index contributed by atoms with van der Waals surface area (Å²) in [5, 5.41) is 3.87. The summed E-state index contributed by atoms with van der Waals surface area (Å²) >= 11 is 0. The number of hydrogen-bond acceptors (Lipinski definition) is 5. The molecule has 2 saturated heterocycles. The van der Waals surface area contributed by atoms with E-state index < -0.39 is 0 Å². The molecule has 2 aliphatic rings. The van der Waals surface area contributed by atoms with E-state index in [1.165, 1.54) is 12.1 Å². The molecule has 160 valence electrons. The van der Waals surface area contributed by atoms with E-state index >= 15 is 0 Å². The second-order valence-corrected chi connectivity index (χ2v) is 8.29. The minimum absolute atomic E-state index is 0.0167. The molecule has 7 nitrogen and oxygen atoms in total. The Morgan fingerprint density at radius 3 is 2.57 bits per heavy atom. The van der Waals surface area contributed by atoms with Gasteiger partial charge in [0.25, 0.3) is 0 Å². The van der Waals surface area contributed by atoms with Gasteiger partial charge in [0, 0.05) is 26.2 Å². The molecular formula is C22H27FN4O3. The summed E-state index contributed by atoms with van der Waals surface area (Å²) in [6, 6.07) is 5.99. The lowest BCUT2D eigenvalue weighted by Gasteiger charge is -2.37. The van der Waals surface area contributed by atoms with Crippen molar-refractivity contribution < 1.29 is 18.5 Å². The molecule has 30 heavy (non-hydrogen) atoms. The molecule has 2 amide bonds. The number of nitrogens with zero attached hydrogens (tertiary/aromatic N) is 4. The molecule has 2 atom stereocenters.